The summed E-state index contributed by atoms with van der Waals surface area (Å²) in [6, 6.07) is 7.36. The highest BCUT2D eigenvalue weighted by atomic mass is 35.5. The molecule has 0 spiro atoms. The summed E-state index contributed by atoms with van der Waals surface area (Å²) in [5.74, 6) is 0.768. The SMILES string of the molecule is Cc1ccc(Cl)cc1NC(C)C1CCC(N(C)C)CC1. The molecule has 1 aromatic rings. The largest absolute Gasteiger partial charge is 0.382 e. The Morgan fingerprint density at radius 2 is 1.85 bits per heavy atom. The molecular weight excluding hydrogens is 268 g/mol. The number of hydrogen-bond donors (Lipinski definition) is 1. The molecular formula is C17H27ClN2. The van der Waals surface area contributed by atoms with Gasteiger partial charge >= 0.3 is 0 Å². The molecule has 1 aliphatic rings. The van der Waals surface area contributed by atoms with E-state index in [9.17, 15) is 0 Å². The van der Waals surface area contributed by atoms with Gasteiger partial charge in [-0.15, -0.1) is 0 Å². The van der Waals surface area contributed by atoms with Crippen molar-refractivity contribution in [3.05, 3.63) is 28.8 Å². The second-order valence-corrected chi connectivity index (χ2v) is 6.86. The predicted octanol–water partition coefficient (Wildman–Crippen LogP) is 4.57. The molecule has 1 atom stereocenters. The maximum Gasteiger partial charge on any atom is 0.0426 e. The van der Waals surface area contributed by atoms with E-state index >= 15 is 0 Å². The van der Waals surface area contributed by atoms with Crippen molar-refractivity contribution in [2.24, 2.45) is 5.92 Å². The van der Waals surface area contributed by atoms with Gasteiger partial charge in [0, 0.05) is 22.8 Å². The molecule has 1 fully saturated rings. The van der Waals surface area contributed by atoms with Crippen LogP contribution >= 0.6 is 11.6 Å². The van der Waals surface area contributed by atoms with E-state index in [0.29, 0.717) is 6.04 Å². The Bertz CT molecular complexity index is 437. The molecule has 1 N–H and O–H groups in total. The lowest BCUT2D eigenvalue weighted by molar-refractivity contribution is 0.186. The molecule has 0 saturated heterocycles. The molecule has 3 heteroatoms. The van der Waals surface area contributed by atoms with Crippen LogP contribution in [-0.2, 0) is 0 Å². The van der Waals surface area contributed by atoms with Crippen molar-refractivity contribution in [2.45, 2.75) is 51.6 Å². The second-order valence-electron chi connectivity index (χ2n) is 6.42. The van der Waals surface area contributed by atoms with E-state index in [0.717, 1.165) is 17.0 Å². The van der Waals surface area contributed by atoms with Crippen LogP contribution in [0.2, 0.25) is 5.02 Å². The Balaban J connectivity index is 1.92. The molecule has 1 unspecified atom stereocenters. The van der Waals surface area contributed by atoms with E-state index in [4.69, 9.17) is 11.6 Å². The fourth-order valence-electron chi connectivity index (χ4n) is 3.23. The molecule has 0 radical (unpaired) electrons. The summed E-state index contributed by atoms with van der Waals surface area (Å²) in [7, 11) is 4.39. The lowest BCUT2D eigenvalue weighted by atomic mass is 9.81. The standard InChI is InChI=1S/C17H27ClN2/c1-12-5-8-15(18)11-17(12)19-13(2)14-6-9-16(10-7-14)20(3)4/h5,8,11,13-14,16,19H,6-7,9-10H2,1-4H3. The zero-order valence-corrected chi connectivity index (χ0v) is 13.9. The normalized spacial score (nSPS) is 24.7. The molecule has 1 aromatic carbocycles. The van der Waals surface area contributed by atoms with Crippen LogP contribution in [-0.4, -0.2) is 31.1 Å². The molecule has 1 aliphatic carbocycles. The minimum atomic E-state index is 0.510. The first-order valence-corrected chi connectivity index (χ1v) is 8.04. The molecule has 2 rings (SSSR count). The Hall–Kier alpha value is -0.730. The molecule has 2 nitrogen and oxygen atoms in total. The summed E-state index contributed by atoms with van der Waals surface area (Å²) in [4.78, 5) is 2.37. The number of hydrogen-bond acceptors (Lipinski definition) is 2. The van der Waals surface area contributed by atoms with Crippen molar-refractivity contribution in [3.8, 4) is 0 Å². The Kier molecular flexibility index (Phi) is 5.34. The zero-order valence-electron chi connectivity index (χ0n) is 13.1. The number of nitrogens with zero attached hydrogens (tertiary/aromatic N) is 1. The van der Waals surface area contributed by atoms with Crippen LogP contribution in [0.4, 0.5) is 5.69 Å². The van der Waals surface area contributed by atoms with Crippen molar-refractivity contribution in [2.75, 3.05) is 19.4 Å². The average molecular weight is 295 g/mol. The highest BCUT2D eigenvalue weighted by Crippen LogP contribution is 2.31. The van der Waals surface area contributed by atoms with Crippen molar-refractivity contribution in [3.63, 3.8) is 0 Å². The van der Waals surface area contributed by atoms with E-state index < -0.39 is 0 Å². The van der Waals surface area contributed by atoms with Gasteiger partial charge in [0.1, 0.15) is 0 Å². The van der Waals surface area contributed by atoms with Crippen LogP contribution in [0.1, 0.15) is 38.2 Å². The first kappa shape index (κ1) is 15.7. The van der Waals surface area contributed by atoms with E-state index in [-0.39, 0.29) is 0 Å². The number of nitrogens with one attached hydrogen (secondary N) is 1. The fourth-order valence-corrected chi connectivity index (χ4v) is 3.40. The van der Waals surface area contributed by atoms with Gasteiger partial charge < -0.3 is 10.2 Å². The van der Waals surface area contributed by atoms with E-state index in [1.165, 1.54) is 36.9 Å². The van der Waals surface area contributed by atoms with Crippen LogP contribution in [0.15, 0.2) is 18.2 Å². The topological polar surface area (TPSA) is 15.3 Å². The predicted molar refractivity (Wildman–Crippen MR) is 88.7 cm³/mol. The summed E-state index contributed by atoms with van der Waals surface area (Å²) in [5, 5.41) is 4.47. The van der Waals surface area contributed by atoms with Gasteiger partial charge in [-0.25, -0.2) is 0 Å². The highest BCUT2D eigenvalue weighted by molar-refractivity contribution is 6.30. The number of rotatable bonds is 4. The summed E-state index contributed by atoms with van der Waals surface area (Å²) >= 11 is 6.09. The molecule has 0 amide bonds. The van der Waals surface area contributed by atoms with E-state index in [2.05, 4.69) is 44.2 Å². The third kappa shape index (κ3) is 3.89. The quantitative estimate of drug-likeness (QED) is 0.875. The van der Waals surface area contributed by atoms with Crippen LogP contribution in [0, 0.1) is 12.8 Å². The smallest absolute Gasteiger partial charge is 0.0426 e. The van der Waals surface area contributed by atoms with Crippen LogP contribution in [0.5, 0.6) is 0 Å². The Morgan fingerprint density at radius 1 is 1.20 bits per heavy atom. The maximum absolute atomic E-state index is 6.09. The van der Waals surface area contributed by atoms with Crippen molar-refractivity contribution in [1.29, 1.82) is 0 Å². The van der Waals surface area contributed by atoms with Gasteiger partial charge in [-0.05, 0) is 77.2 Å². The van der Waals surface area contributed by atoms with Gasteiger partial charge in [0.2, 0.25) is 0 Å². The number of anilines is 1. The minimum Gasteiger partial charge on any atom is -0.382 e. The lowest BCUT2D eigenvalue weighted by Gasteiger charge is -2.36. The van der Waals surface area contributed by atoms with Crippen LogP contribution < -0.4 is 5.32 Å². The van der Waals surface area contributed by atoms with Gasteiger partial charge in [0.15, 0.2) is 0 Å². The van der Waals surface area contributed by atoms with Gasteiger partial charge in [0.05, 0.1) is 0 Å². The van der Waals surface area contributed by atoms with Crippen LogP contribution in [0.3, 0.4) is 0 Å². The maximum atomic E-state index is 6.09. The molecule has 0 bridgehead atoms. The van der Waals surface area contributed by atoms with Gasteiger partial charge in [0.25, 0.3) is 0 Å². The third-order valence-electron chi connectivity index (χ3n) is 4.76. The van der Waals surface area contributed by atoms with Crippen LogP contribution in [0.25, 0.3) is 0 Å². The van der Waals surface area contributed by atoms with Gasteiger partial charge in [-0.2, -0.15) is 0 Å². The molecule has 20 heavy (non-hydrogen) atoms. The summed E-state index contributed by atoms with van der Waals surface area (Å²) in [6.45, 7) is 4.44. The molecule has 0 aromatic heterocycles. The van der Waals surface area contributed by atoms with Gasteiger partial charge in [-0.3, -0.25) is 0 Å². The van der Waals surface area contributed by atoms with E-state index in [1.54, 1.807) is 0 Å². The second kappa shape index (κ2) is 6.82. The van der Waals surface area contributed by atoms with Crippen molar-refractivity contribution >= 4 is 17.3 Å². The van der Waals surface area contributed by atoms with Crippen molar-refractivity contribution < 1.29 is 0 Å². The van der Waals surface area contributed by atoms with Crippen molar-refractivity contribution in [1.82, 2.24) is 4.90 Å². The molecule has 1 saturated carbocycles. The third-order valence-corrected chi connectivity index (χ3v) is 5.00. The monoisotopic (exact) mass is 294 g/mol. The minimum absolute atomic E-state index is 0.510. The summed E-state index contributed by atoms with van der Waals surface area (Å²) in [5.41, 5.74) is 2.45. The summed E-state index contributed by atoms with van der Waals surface area (Å²) < 4.78 is 0. The molecule has 112 valence electrons. The lowest BCUT2D eigenvalue weighted by Crippen LogP contribution is -2.36. The Labute approximate surface area is 128 Å². The number of aryl methyl sites for hydroxylation is 1. The van der Waals surface area contributed by atoms with E-state index in [1.807, 2.05) is 12.1 Å². The first-order chi connectivity index (χ1) is 9.47. The highest BCUT2D eigenvalue weighted by Gasteiger charge is 2.26. The number of halogens is 1. The molecule has 0 heterocycles. The Morgan fingerprint density at radius 3 is 2.45 bits per heavy atom. The molecule has 0 aliphatic heterocycles. The number of benzene rings is 1. The zero-order chi connectivity index (χ0) is 14.7. The average Bonchev–Trinajstić information content (AvgIpc) is 2.43. The van der Waals surface area contributed by atoms with Gasteiger partial charge in [-0.1, -0.05) is 17.7 Å². The fraction of sp³-hybridized carbons (Fsp3) is 0.647. The summed E-state index contributed by atoms with van der Waals surface area (Å²) in [6.07, 6.45) is 5.27. The first-order valence-electron chi connectivity index (χ1n) is 7.66.